The van der Waals surface area contributed by atoms with Crippen molar-refractivity contribution in [3.63, 3.8) is 0 Å². The van der Waals surface area contributed by atoms with Gasteiger partial charge in [-0.05, 0) is 117 Å². The van der Waals surface area contributed by atoms with Gasteiger partial charge in [0.1, 0.15) is 12.4 Å². The van der Waals surface area contributed by atoms with Gasteiger partial charge in [0.25, 0.3) is 5.91 Å². The number of aliphatic imine (C=N–C) groups is 1. The maximum absolute atomic E-state index is 12.8. The standard InChI is InChI=1S/C25H17BrI2N2O4S/c1-30-23(31)21(35-25(30)29-18-4-2-3-16(12-18)24(32)33)11-15-9-19(27)22(20(28)10-15)34-13-14-5-7-17(26)8-6-14/h2-12H,13H2,1H3,(H,32,33)/b21-11-,29-25?. The number of carbonyl (C=O) groups is 2. The fourth-order valence-corrected chi connectivity index (χ4v) is 6.54. The van der Waals surface area contributed by atoms with Crippen molar-refractivity contribution in [1.29, 1.82) is 0 Å². The van der Waals surface area contributed by atoms with Crippen LogP contribution in [0, 0.1) is 7.14 Å². The first kappa shape index (κ1) is 26.2. The Morgan fingerprint density at radius 1 is 1.14 bits per heavy atom. The molecule has 6 nitrogen and oxygen atoms in total. The van der Waals surface area contributed by atoms with Crippen molar-refractivity contribution in [2.45, 2.75) is 6.61 Å². The van der Waals surface area contributed by atoms with Gasteiger partial charge in [0.2, 0.25) is 0 Å². The number of likely N-dealkylation sites (N-methyl/N-ethyl adjacent to an activating group) is 1. The molecule has 1 saturated heterocycles. The Bertz CT molecular complexity index is 1350. The second kappa shape index (κ2) is 11.4. The Labute approximate surface area is 242 Å². The number of carboxylic acid groups (broad SMARTS) is 1. The van der Waals surface area contributed by atoms with Crippen molar-refractivity contribution in [2.75, 3.05) is 7.05 Å². The molecule has 1 N–H and O–H groups in total. The van der Waals surface area contributed by atoms with Crippen molar-refractivity contribution < 1.29 is 19.4 Å². The van der Waals surface area contributed by atoms with Gasteiger partial charge in [-0.25, -0.2) is 9.79 Å². The molecule has 3 aromatic carbocycles. The Morgan fingerprint density at radius 2 is 1.83 bits per heavy atom. The Balaban J connectivity index is 1.54. The molecule has 0 saturated carbocycles. The number of amidine groups is 1. The third-order valence-electron chi connectivity index (χ3n) is 4.94. The number of thioether (sulfide) groups is 1. The van der Waals surface area contributed by atoms with Crippen molar-refractivity contribution in [1.82, 2.24) is 4.90 Å². The highest BCUT2D eigenvalue weighted by molar-refractivity contribution is 14.1. The number of halogens is 3. The second-order valence-electron chi connectivity index (χ2n) is 7.45. The Morgan fingerprint density at radius 3 is 2.49 bits per heavy atom. The average molecular weight is 775 g/mol. The summed E-state index contributed by atoms with van der Waals surface area (Å²) in [4.78, 5) is 30.6. The quantitative estimate of drug-likeness (QED) is 0.213. The molecule has 1 fully saturated rings. The third-order valence-corrected chi connectivity index (χ3v) is 8.13. The van der Waals surface area contributed by atoms with Crippen LogP contribution in [-0.2, 0) is 11.4 Å². The molecule has 0 unspecified atom stereocenters. The van der Waals surface area contributed by atoms with Gasteiger partial charge in [-0.1, -0.05) is 34.1 Å². The van der Waals surface area contributed by atoms with E-state index in [-0.39, 0.29) is 11.5 Å². The van der Waals surface area contributed by atoms with Crippen molar-refractivity contribution in [3.8, 4) is 5.75 Å². The first-order valence-corrected chi connectivity index (χ1v) is 13.9. The van der Waals surface area contributed by atoms with Crippen LogP contribution in [0.1, 0.15) is 21.5 Å². The highest BCUT2D eigenvalue weighted by atomic mass is 127. The van der Waals surface area contributed by atoms with Crippen LogP contribution < -0.4 is 4.74 Å². The average Bonchev–Trinajstić information content (AvgIpc) is 3.07. The molecule has 0 aliphatic carbocycles. The number of carbonyl (C=O) groups excluding carboxylic acids is 1. The van der Waals surface area contributed by atoms with Crippen LogP contribution in [0.2, 0.25) is 0 Å². The zero-order chi connectivity index (χ0) is 25.1. The monoisotopic (exact) mass is 774 g/mol. The minimum Gasteiger partial charge on any atom is -0.487 e. The molecule has 1 amide bonds. The maximum Gasteiger partial charge on any atom is 0.335 e. The fourth-order valence-electron chi connectivity index (χ4n) is 3.16. The Kier molecular flexibility index (Phi) is 8.55. The second-order valence-corrected chi connectivity index (χ2v) is 11.7. The van der Waals surface area contributed by atoms with Gasteiger partial charge in [-0.2, -0.15) is 0 Å². The van der Waals surface area contributed by atoms with Crippen LogP contribution in [0.5, 0.6) is 5.75 Å². The van der Waals surface area contributed by atoms with Gasteiger partial charge in [-0.3, -0.25) is 9.69 Å². The zero-order valence-electron chi connectivity index (χ0n) is 18.2. The summed E-state index contributed by atoms with van der Waals surface area (Å²) < 4.78 is 8.99. The predicted octanol–water partition coefficient (Wildman–Crippen LogP) is 7.17. The lowest BCUT2D eigenvalue weighted by molar-refractivity contribution is -0.121. The zero-order valence-corrected chi connectivity index (χ0v) is 24.9. The largest absolute Gasteiger partial charge is 0.487 e. The number of rotatable bonds is 6. The minimum atomic E-state index is -1.02. The van der Waals surface area contributed by atoms with Gasteiger partial charge in [0.15, 0.2) is 5.17 Å². The number of amides is 1. The van der Waals surface area contributed by atoms with Crippen LogP contribution in [0.3, 0.4) is 0 Å². The first-order chi connectivity index (χ1) is 16.7. The highest BCUT2D eigenvalue weighted by Gasteiger charge is 2.30. The molecular weight excluding hydrogens is 758 g/mol. The Hall–Kier alpha value is -1.90. The molecule has 0 radical (unpaired) electrons. The third kappa shape index (κ3) is 6.46. The van der Waals surface area contributed by atoms with Crippen LogP contribution in [0.25, 0.3) is 6.08 Å². The molecule has 1 aliphatic heterocycles. The summed E-state index contributed by atoms with van der Waals surface area (Å²) in [5.41, 5.74) is 2.58. The van der Waals surface area contributed by atoms with E-state index < -0.39 is 5.97 Å². The smallest absolute Gasteiger partial charge is 0.335 e. The van der Waals surface area contributed by atoms with E-state index in [1.54, 1.807) is 19.2 Å². The van der Waals surface area contributed by atoms with E-state index in [0.717, 1.165) is 28.5 Å². The molecule has 178 valence electrons. The number of hydrogen-bond donors (Lipinski definition) is 1. The summed E-state index contributed by atoms with van der Waals surface area (Å²) in [5.74, 6) is -0.382. The molecule has 1 heterocycles. The van der Waals surface area contributed by atoms with Gasteiger partial charge in [-0.15, -0.1) is 0 Å². The van der Waals surface area contributed by atoms with Crippen molar-refractivity contribution >= 4 is 102 Å². The SMILES string of the molecule is CN1C(=O)/C(=C/c2cc(I)c(OCc3ccc(Br)cc3)c(I)c2)SC1=Nc1cccc(C(=O)O)c1. The van der Waals surface area contributed by atoms with E-state index in [1.165, 1.54) is 28.8 Å². The van der Waals surface area contributed by atoms with Crippen LogP contribution in [0.4, 0.5) is 5.69 Å². The molecule has 4 rings (SSSR count). The van der Waals surface area contributed by atoms with Crippen LogP contribution >= 0.6 is 72.9 Å². The number of nitrogens with zero attached hydrogens (tertiary/aromatic N) is 2. The van der Waals surface area contributed by atoms with E-state index in [0.29, 0.717) is 22.4 Å². The van der Waals surface area contributed by atoms with Crippen molar-refractivity contribution in [3.05, 3.63) is 93.9 Å². The lowest BCUT2D eigenvalue weighted by Gasteiger charge is -2.12. The predicted molar refractivity (Wildman–Crippen MR) is 159 cm³/mol. The van der Waals surface area contributed by atoms with E-state index in [1.807, 2.05) is 42.5 Å². The van der Waals surface area contributed by atoms with Gasteiger partial charge in [0.05, 0.1) is 23.3 Å². The van der Waals surface area contributed by atoms with Gasteiger partial charge >= 0.3 is 5.97 Å². The number of hydrogen-bond acceptors (Lipinski definition) is 5. The maximum atomic E-state index is 12.8. The molecule has 0 bridgehead atoms. The van der Waals surface area contributed by atoms with E-state index in [2.05, 4.69) is 66.1 Å². The number of aromatic carboxylic acids is 1. The highest BCUT2D eigenvalue weighted by Crippen LogP contribution is 2.35. The summed E-state index contributed by atoms with van der Waals surface area (Å²) >= 11 is 9.18. The van der Waals surface area contributed by atoms with Gasteiger partial charge in [0, 0.05) is 11.5 Å². The topological polar surface area (TPSA) is 79.2 Å². The molecule has 0 spiro atoms. The normalized spacial score (nSPS) is 15.8. The number of ether oxygens (including phenoxy) is 1. The first-order valence-electron chi connectivity index (χ1n) is 10.2. The van der Waals surface area contributed by atoms with Gasteiger partial charge < -0.3 is 9.84 Å². The summed E-state index contributed by atoms with van der Waals surface area (Å²) in [6, 6.07) is 18.3. The number of carboxylic acids is 1. The lowest BCUT2D eigenvalue weighted by Crippen LogP contribution is -2.23. The summed E-state index contributed by atoms with van der Waals surface area (Å²) in [5, 5.41) is 9.69. The lowest BCUT2D eigenvalue weighted by atomic mass is 10.2. The van der Waals surface area contributed by atoms with E-state index >= 15 is 0 Å². The molecule has 10 heteroatoms. The molecular formula is C25H17BrI2N2O4S. The molecule has 1 aliphatic rings. The summed E-state index contributed by atoms with van der Waals surface area (Å²) in [7, 11) is 1.66. The summed E-state index contributed by atoms with van der Waals surface area (Å²) in [6.07, 6.45) is 1.84. The minimum absolute atomic E-state index is 0.145. The molecule has 0 atom stereocenters. The van der Waals surface area contributed by atoms with Crippen LogP contribution in [0.15, 0.2) is 75.0 Å². The fraction of sp³-hybridized carbons (Fsp3) is 0.0800. The molecule has 3 aromatic rings. The number of benzene rings is 3. The molecule has 0 aromatic heterocycles. The molecule has 35 heavy (non-hydrogen) atoms. The van der Waals surface area contributed by atoms with E-state index in [4.69, 9.17) is 4.74 Å². The van der Waals surface area contributed by atoms with E-state index in [9.17, 15) is 14.7 Å². The van der Waals surface area contributed by atoms with Crippen molar-refractivity contribution in [2.24, 2.45) is 4.99 Å². The van der Waals surface area contributed by atoms with Crippen LogP contribution in [-0.4, -0.2) is 34.1 Å². The summed E-state index contributed by atoms with van der Waals surface area (Å²) in [6.45, 7) is 0.460.